The summed E-state index contributed by atoms with van der Waals surface area (Å²) in [4.78, 5) is 17.8. The maximum absolute atomic E-state index is 14.1. The van der Waals surface area contributed by atoms with Gasteiger partial charge in [0, 0.05) is 37.7 Å². The Balaban J connectivity index is 1.54. The zero-order valence-electron chi connectivity index (χ0n) is 19.0. The van der Waals surface area contributed by atoms with Crippen LogP contribution in [0.15, 0.2) is 30.4 Å². The fraction of sp³-hybridized carbons (Fsp3) is 0.375. The number of aromatic nitrogens is 2. The number of allylic oxidation sites excluding steroid dienone is 4. The van der Waals surface area contributed by atoms with Gasteiger partial charge in [0.15, 0.2) is 11.6 Å². The number of rotatable bonds is 5. The quantitative estimate of drug-likeness (QED) is 0.331. The lowest BCUT2D eigenvalue weighted by atomic mass is 9.93. The molecule has 1 amide bonds. The van der Waals surface area contributed by atoms with Crippen LogP contribution in [0.25, 0.3) is 5.57 Å². The molecule has 36 heavy (non-hydrogen) atoms. The molecule has 12 heteroatoms. The van der Waals surface area contributed by atoms with Gasteiger partial charge >= 0.3 is 6.18 Å². The number of nitrogens with zero attached hydrogens (tertiary/aromatic N) is 3. The van der Waals surface area contributed by atoms with Crippen molar-refractivity contribution in [3.63, 3.8) is 0 Å². The number of carbonyl (C=O) groups is 1. The zero-order valence-corrected chi connectivity index (χ0v) is 19.0. The van der Waals surface area contributed by atoms with Crippen molar-refractivity contribution >= 4 is 17.2 Å². The van der Waals surface area contributed by atoms with E-state index in [1.807, 2.05) is 0 Å². The van der Waals surface area contributed by atoms with E-state index in [2.05, 4.69) is 4.98 Å². The Hall–Kier alpha value is -3.44. The highest BCUT2D eigenvalue weighted by molar-refractivity contribution is 6.00. The normalized spacial score (nSPS) is 19.8. The molecule has 0 saturated carbocycles. The van der Waals surface area contributed by atoms with Gasteiger partial charge in [-0.3, -0.25) is 4.79 Å². The van der Waals surface area contributed by atoms with Gasteiger partial charge in [0.1, 0.15) is 11.5 Å². The van der Waals surface area contributed by atoms with Gasteiger partial charge in [-0.15, -0.1) is 0 Å². The third-order valence-electron chi connectivity index (χ3n) is 6.08. The molecule has 0 fully saturated rings. The van der Waals surface area contributed by atoms with E-state index >= 15 is 0 Å². The van der Waals surface area contributed by atoms with Crippen LogP contribution in [0.2, 0.25) is 0 Å². The fourth-order valence-electron chi connectivity index (χ4n) is 4.20. The van der Waals surface area contributed by atoms with Gasteiger partial charge < -0.3 is 14.9 Å². The summed E-state index contributed by atoms with van der Waals surface area (Å²) in [5, 5.41) is 8.02. The van der Waals surface area contributed by atoms with Gasteiger partial charge in [-0.1, -0.05) is 12.2 Å². The van der Waals surface area contributed by atoms with Crippen molar-refractivity contribution in [2.45, 2.75) is 51.1 Å². The first-order valence-corrected chi connectivity index (χ1v) is 11.0. The average Bonchev–Trinajstić information content (AvgIpc) is 3.17. The maximum Gasteiger partial charge on any atom is 0.449 e. The summed E-state index contributed by atoms with van der Waals surface area (Å²) in [6, 6.07) is 0.965. The monoisotopic (exact) mass is 514 g/mol. The number of halogens is 7. The summed E-state index contributed by atoms with van der Waals surface area (Å²) in [6.07, 6.45) is -1.67. The minimum atomic E-state index is -4.75. The van der Waals surface area contributed by atoms with E-state index in [4.69, 9.17) is 5.41 Å². The molecule has 2 aromatic rings. The van der Waals surface area contributed by atoms with Gasteiger partial charge in [-0.05, 0) is 30.2 Å². The predicted molar refractivity (Wildman–Crippen MR) is 116 cm³/mol. The summed E-state index contributed by atoms with van der Waals surface area (Å²) in [5.74, 6) is -5.45. The highest BCUT2D eigenvalue weighted by atomic mass is 19.4. The number of benzene rings is 1. The Morgan fingerprint density at radius 1 is 1.14 bits per heavy atom. The van der Waals surface area contributed by atoms with Gasteiger partial charge in [0.25, 0.3) is 0 Å². The summed E-state index contributed by atoms with van der Waals surface area (Å²) in [7, 11) is 0. The maximum atomic E-state index is 14.1. The van der Waals surface area contributed by atoms with Crippen molar-refractivity contribution in [3.8, 4) is 0 Å². The number of fused-ring (bicyclic) bond motifs is 1. The molecule has 1 atom stereocenters. The van der Waals surface area contributed by atoms with Gasteiger partial charge in [0.05, 0.1) is 24.4 Å². The van der Waals surface area contributed by atoms with Crippen molar-refractivity contribution in [3.05, 3.63) is 70.6 Å². The molecule has 1 aliphatic heterocycles. The van der Waals surface area contributed by atoms with Crippen molar-refractivity contribution in [2.75, 3.05) is 6.54 Å². The first-order valence-electron chi connectivity index (χ1n) is 11.0. The number of amides is 1. The molecule has 1 aromatic carbocycles. The first kappa shape index (κ1) is 25.6. The largest absolute Gasteiger partial charge is 0.449 e. The van der Waals surface area contributed by atoms with Crippen LogP contribution >= 0.6 is 0 Å². The van der Waals surface area contributed by atoms with Gasteiger partial charge in [0.2, 0.25) is 11.7 Å². The summed E-state index contributed by atoms with van der Waals surface area (Å²) >= 11 is 0. The van der Waals surface area contributed by atoms with Crippen molar-refractivity contribution in [1.29, 1.82) is 5.41 Å². The summed E-state index contributed by atoms with van der Waals surface area (Å²) in [6.45, 7) is 0.811. The second-order valence-electron chi connectivity index (χ2n) is 8.99. The fourth-order valence-corrected chi connectivity index (χ4v) is 4.20. The second kappa shape index (κ2) is 9.21. The van der Waals surface area contributed by atoms with Crippen LogP contribution in [0.5, 0.6) is 0 Å². The molecular weight excluding hydrogens is 493 g/mol. The third-order valence-corrected chi connectivity index (χ3v) is 6.08. The smallest absolute Gasteiger partial charge is 0.335 e. The highest BCUT2D eigenvalue weighted by Gasteiger charge is 2.41. The van der Waals surface area contributed by atoms with E-state index in [-0.39, 0.29) is 48.7 Å². The number of imidazole rings is 1. The van der Waals surface area contributed by atoms with Crippen molar-refractivity contribution in [1.82, 2.24) is 14.5 Å². The Morgan fingerprint density at radius 2 is 1.83 bits per heavy atom. The molecule has 4 rings (SSSR count). The van der Waals surface area contributed by atoms with E-state index < -0.39 is 53.9 Å². The number of hydrogen-bond donors (Lipinski definition) is 1. The molecule has 0 spiro atoms. The number of nitrogens with one attached hydrogen (secondary N) is 1. The number of hydrogen-bond acceptors (Lipinski definition) is 3. The third kappa shape index (κ3) is 5.21. The molecule has 2 heterocycles. The lowest BCUT2D eigenvalue weighted by Crippen LogP contribution is -2.40. The molecule has 5 nitrogen and oxygen atoms in total. The molecule has 2 aliphatic rings. The molecule has 1 aliphatic carbocycles. The number of carbonyl (C=O) groups excluding carboxylic acids is 1. The Morgan fingerprint density at radius 3 is 2.47 bits per heavy atom. The lowest BCUT2D eigenvalue weighted by Gasteiger charge is -2.30. The molecule has 0 radical (unpaired) electrons. The topological polar surface area (TPSA) is 62.0 Å². The lowest BCUT2D eigenvalue weighted by molar-refractivity contribution is -0.148. The van der Waals surface area contributed by atoms with Crippen LogP contribution in [-0.2, 0) is 30.5 Å². The molecule has 1 aromatic heterocycles. The Kier molecular flexibility index (Phi) is 6.56. The van der Waals surface area contributed by atoms with Crippen LogP contribution in [0.3, 0.4) is 0 Å². The highest BCUT2D eigenvalue weighted by Crippen LogP contribution is 2.37. The first-order chi connectivity index (χ1) is 16.7. The number of alkyl halides is 4. The minimum Gasteiger partial charge on any atom is -0.335 e. The van der Waals surface area contributed by atoms with E-state index in [0.717, 1.165) is 4.57 Å². The Labute approximate surface area is 201 Å². The SMILES string of the molecule is CC1(F)C=CC(c2nc(C(F)(F)F)n3c2CN(C(=O)CC(=N)Cc2cc(F)c(F)cc2F)CC3)=CC1. The van der Waals surface area contributed by atoms with E-state index in [9.17, 15) is 35.5 Å². The molecule has 1 unspecified atom stereocenters. The van der Waals surface area contributed by atoms with E-state index in [1.165, 1.54) is 30.1 Å². The van der Waals surface area contributed by atoms with E-state index in [0.29, 0.717) is 17.7 Å². The van der Waals surface area contributed by atoms with Crippen LogP contribution in [-0.4, -0.2) is 38.3 Å². The van der Waals surface area contributed by atoms with E-state index in [1.54, 1.807) is 0 Å². The van der Waals surface area contributed by atoms with Crippen LogP contribution in [0.1, 0.15) is 42.5 Å². The summed E-state index contributed by atoms with van der Waals surface area (Å²) < 4.78 is 96.4. The van der Waals surface area contributed by atoms with Gasteiger partial charge in [-0.2, -0.15) is 13.2 Å². The minimum absolute atomic E-state index is 0.00879. The van der Waals surface area contributed by atoms with Crippen molar-refractivity contribution in [2.24, 2.45) is 0 Å². The standard InChI is InChI=1S/C24H21F7N4O/c1-23(28)4-2-13(3-5-23)21-19-12-34(6-7-35(19)22(33-21)24(29,30)31)20(36)10-15(32)8-14-9-17(26)18(27)11-16(14)25/h2-4,9,11,32H,5-8,10,12H2,1H3. The van der Waals surface area contributed by atoms with Crippen LogP contribution in [0, 0.1) is 22.9 Å². The molecule has 1 N–H and O–H groups in total. The predicted octanol–water partition coefficient (Wildman–Crippen LogP) is 5.39. The van der Waals surface area contributed by atoms with Crippen molar-refractivity contribution < 1.29 is 35.5 Å². The van der Waals surface area contributed by atoms with Crippen LogP contribution in [0.4, 0.5) is 30.7 Å². The van der Waals surface area contributed by atoms with Crippen LogP contribution < -0.4 is 0 Å². The average molecular weight is 514 g/mol. The Bertz CT molecular complexity index is 1290. The molecule has 0 bridgehead atoms. The molecule has 192 valence electrons. The van der Waals surface area contributed by atoms with Gasteiger partial charge in [-0.25, -0.2) is 22.5 Å². The molecular formula is C24H21F7N4O. The molecule has 0 saturated heterocycles. The summed E-state index contributed by atoms with van der Waals surface area (Å²) in [5.41, 5.74) is -1.79. The zero-order chi connectivity index (χ0) is 26.4. The second-order valence-corrected chi connectivity index (χ2v) is 8.99.